The number of fused-ring (bicyclic) bond motifs is 1. The van der Waals surface area contributed by atoms with E-state index in [9.17, 15) is 9.59 Å². The van der Waals surface area contributed by atoms with Crippen LogP contribution in [0.3, 0.4) is 0 Å². The first kappa shape index (κ1) is 11.6. The Morgan fingerprint density at radius 3 is 2.84 bits per heavy atom. The van der Waals surface area contributed by atoms with Gasteiger partial charge in [0.25, 0.3) is 0 Å². The molecule has 2 aromatic rings. The highest BCUT2D eigenvalue weighted by atomic mass is 16.2. The summed E-state index contributed by atoms with van der Waals surface area (Å²) in [4.78, 5) is 26.4. The van der Waals surface area contributed by atoms with Crippen molar-refractivity contribution in [3.05, 3.63) is 47.8 Å². The lowest BCUT2D eigenvalue weighted by Gasteiger charge is -2.06. The maximum atomic E-state index is 11.6. The van der Waals surface area contributed by atoms with Gasteiger partial charge in [0.05, 0.1) is 5.92 Å². The summed E-state index contributed by atoms with van der Waals surface area (Å²) in [7, 11) is 0. The lowest BCUT2D eigenvalue weighted by atomic mass is 9.97. The monoisotopic (exact) mass is 252 g/mol. The second kappa shape index (κ2) is 4.31. The first-order valence-electron chi connectivity index (χ1n) is 6.04. The number of carbonyl (C=O) groups excluding carboxylic acids is 2. The van der Waals surface area contributed by atoms with Crippen molar-refractivity contribution < 1.29 is 9.59 Å². The van der Waals surface area contributed by atoms with Gasteiger partial charge in [-0.3, -0.25) is 14.6 Å². The Hall–Kier alpha value is -2.49. The largest absolute Gasteiger partial charge is 0.325 e. The highest BCUT2D eigenvalue weighted by Gasteiger charge is 2.26. The lowest BCUT2D eigenvalue weighted by Crippen LogP contribution is -2.08. The molecule has 1 aliphatic heterocycles. The third kappa shape index (κ3) is 1.91. The zero-order chi connectivity index (χ0) is 13.4. The van der Waals surface area contributed by atoms with Gasteiger partial charge in [-0.05, 0) is 36.2 Å². The van der Waals surface area contributed by atoms with Gasteiger partial charge < -0.3 is 5.32 Å². The summed E-state index contributed by atoms with van der Waals surface area (Å²) >= 11 is 0. The molecule has 0 bridgehead atoms. The molecular formula is C15H12N2O2. The minimum absolute atomic E-state index is 0.0203. The van der Waals surface area contributed by atoms with Crippen LogP contribution in [0.4, 0.5) is 5.69 Å². The van der Waals surface area contributed by atoms with Crippen molar-refractivity contribution in [2.24, 2.45) is 0 Å². The van der Waals surface area contributed by atoms with Crippen molar-refractivity contribution in [2.45, 2.75) is 12.8 Å². The first-order valence-corrected chi connectivity index (χ1v) is 6.04. The van der Waals surface area contributed by atoms with Crippen LogP contribution in [-0.4, -0.2) is 17.2 Å². The minimum Gasteiger partial charge on any atom is -0.325 e. The highest BCUT2D eigenvalue weighted by molar-refractivity contribution is 6.03. The van der Waals surface area contributed by atoms with Gasteiger partial charge in [-0.15, -0.1) is 0 Å². The average Bonchev–Trinajstić information content (AvgIpc) is 2.74. The third-order valence-corrected chi connectivity index (χ3v) is 3.40. The number of benzene rings is 1. The lowest BCUT2D eigenvalue weighted by molar-refractivity contribution is -0.116. The number of carbonyl (C=O) groups is 2. The summed E-state index contributed by atoms with van der Waals surface area (Å²) in [5.74, 6) is -0.121. The molecule has 2 heterocycles. The number of nitrogens with zero attached hydrogens (tertiary/aromatic N) is 1. The zero-order valence-corrected chi connectivity index (χ0v) is 10.4. The van der Waals surface area contributed by atoms with Crippen LogP contribution in [0.5, 0.6) is 0 Å². The Kier molecular flexibility index (Phi) is 2.63. The normalized spacial score (nSPS) is 16.9. The van der Waals surface area contributed by atoms with E-state index in [-0.39, 0.29) is 11.8 Å². The number of hydrogen-bond acceptors (Lipinski definition) is 3. The Balaban J connectivity index is 2.08. The number of pyridine rings is 1. The summed E-state index contributed by atoms with van der Waals surface area (Å²) < 4.78 is 0. The molecule has 0 radical (unpaired) electrons. The van der Waals surface area contributed by atoms with E-state index in [1.54, 1.807) is 12.3 Å². The molecule has 1 aliphatic rings. The SMILES string of the molecule is CC1C(=O)Nc2ccc(-c3cncc(C=O)c3)cc21. The first-order chi connectivity index (χ1) is 9.19. The second-order valence-corrected chi connectivity index (χ2v) is 4.64. The number of nitrogens with one attached hydrogen (secondary N) is 1. The van der Waals surface area contributed by atoms with E-state index in [1.807, 2.05) is 25.1 Å². The maximum absolute atomic E-state index is 11.6. The highest BCUT2D eigenvalue weighted by Crippen LogP contribution is 2.35. The van der Waals surface area contributed by atoms with Crippen LogP contribution in [0.15, 0.2) is 36.7 Å². The van der Waals surface area contributed by atoms with Crippen LogP contribution in [0, 0.1) is 0 Å². The third-order valence-electron chi connectivity index (χ3n) is 3.40. The van der Waals surface area contributed by atoms with E-state index in [2.05, 4.69) is 10.3 Å². The fraction of sp³-hybridized carbons (Fsp3) is 0.133. The predicted octanol–water partition coefficient (Wildman–Crippen LogP) is 2.62. The van der Waals surface area contributed by atoms with Crippen LogP contribution in [-0.2, 0) is 4.79 Å². The number of aldehydes is 1. The maximum Gasteiger partial charge on any atom is 0.231 e. The smallest absolute Gasteiger partial charge is 0.231 e. The van der Waals surface area contributed by atoms with Crippen molar-refractivity contribution in [3.63, 3.8) is 0 Å². The quantitative estimate of drug-likeness (QED) is 0.836. The summed E-state index contributed by atoms with van der Waals surface area (Å²) in [5.41, 5.74) is 4.22. The van der Waals surface area contributed by atoms with Crippen LogP contribution < -0.4 is 5.32 Å². The molecule has 1 aromatic heterocycles. The Morgan fingerprint density at radius 2 is 2.05 bits per heavy atom. The van der Waals surface area contributed by atoms with Crippen molar-refractivity contribution in [2.75, 3.05) is 5.32 Å². The fourth-order valence-electron chi connectivity index (χ4n) is 2.28. The zero-order valence-electron chi connectivity index (χ0n) is 10.4. The van der Waals surface area contributed by atoms with E-state index in [1.165, 1.54) is 6.20 Å². The molecule has 1 unspecified atom stereocenters. The minimum atomic E-state index is -0.142. The van der Waals surface area contributed by atoms with Crippen LogP contribution in [0.1, 0.15) is 28.8 Å². The van der Waals surface area contributed by atoms with E-state index < -0.39 is 0 Å². The molecule has 19 heavy (non-hydrogen) atoms. The molecule has 0 spiro atoms. The molecule has 0 saturated heterocycles. The van der Waals surface area contributed by atoms with Gasteiger partial charge in [0.2, 0.25) is 5.91 Å². The van der Waals surface area contributed by atoms with Crippen molar-refractivity contribution >= 4 is 17.9 Å². The van der Waals surface area contributed by atoms with Gasteiger partial charge in [0.15, 0.2) is 6.29 Å². The summed E-state index contributed by atoms with van der Waals surface area (Å²) in [6, 6.07) is 7.57. The number of amides is 1. The van der Waals surface area contributed by atoms with Gasteiger partial charge in [0.1, 0.15) is 0 Å². The Labute approximate surface area is 110 Å². The average molecular weight is 252 g/mol. The number of hydrogen-bond donors (Lipinski definition) is 1. The summed E-state index contributed by atoms with van der Waals surface area (Å²) in [5, 5.41) is 2.84. The molecule has 1 N–H and O–H groups in total. The van der Waals surface area contributed by atoms with Crippen LogP contribution in [0.25, 0.3) is 11.1 Å². The summed E-state index contributed by atoms with van der Waals surface area (Å²) in [6.45, 7) is 1.88. The van der Waals surface area contributed by atoms with Gasteiger partial charge in [-0.25, -0.2) is 0 Å². The molecule has 94 valence electrons. The van der Waals surface area contributed by atoms with Gasteiger partial charge >= 0.3 is 0 Å². The number of aromatic nitrogens is 1. The predicted molar refractivity (Wildman–Crippen MR) is 72.1 cm³/mol. The van der Waals surface area contributed by atoms with Crippen molar-refractivity contribution in [3.8, 4) is 11.1 Å². The van der Waals surface area contributed by atoms with Crippen molar-refractivity contribution in [1.29, 1.82) is 0 Å². The van der Waals surface area contributed by atoms with E-state index in [4.69, 9.17) is 0 Å². The van der Waals surface area contributed by atoms with E-state index in [0.717, 1.165) is 28.7 Å². The molecule has 1 aromatic carbocycles. The molecule has 0 fully saturated rings. The summed E-state index contributed by atoms with van der Waals surface area (Å²) in [6.07, 6.45) is 4.01. The Bertz CT molecular complexity index is 680. The van der Waals surface area contributed by atoms with E-state index >= 15 is 0 Å². The van der Waals surface area contributed by atoms with Gasteiger partial charge in [0, 0.05) is 29.2 Å². The van der Waals surface area contributed by atoms with E-state index in [0.29, 0.717) is 5.56 Å². The molecule has 4 heteroatoms. The number of anilines is 1. The number of rotatable bonds is 2. The molecule has 3 rings (SSSR count). The van der Waals surface area contributed by atoms with Gasteiger partial charge in [-0.2, -0.15) is 0 Å². The Morgan fingerprint density at radius 1 is 1.21 bits per heavy atom. The molecule has 1 atom stereocenters. The molecular weight excluding hydrogens is 240 g/mol. The molecule has 1 amide bonds. The van der Waals surface area contributed by atoms with Gasteiger partial charge in [-0.1, -0.05) is 6.07 Å². The second-order valence-electron chi connectivity index (χ2n) is 4.64. The standard InChI is InChI=1S/C15H12N2O2/c1-9-13-5-11(2-3-14(13)17-15(9)19)12-4-10(8-18)6-16-7-12/h2-9H,1H3,(H,17,19). The molecule has 0 saturated carbocycles. The van der Waals surface area contributed by atoms with Crippen LogP contribution in [0.2, 0.25) is 0 Å². The fourth-order valence-corrected chi connectivity index (χ4v) is 2.28. The topological polar surface area (TPSA) is 59.1 Å². The van der Waals surface area contributed by atoms with Crippen LogP contribution >= 0.6 is 0 Å². The molecule has 0 aliphatic carbocycles. The van der Waals surface area contributed by atoms with Crippen molar-refractivity contribution in [1.82, 2.24) is 4.98 Å². The molecule has 4 nitrogen and oxygen atoms in total.